The summed E-state index contributed by atoms with van der Waals surface area (Å²) in [5.41, 5.74) is -0.0232. The molecular formula is C19H22N6O4S. The summed E-state index contributed by atoms with van der Waals surface area (Å²) in [6.07, 6.45) is 5.06. The van der Waals surface area contributed by atoms with Crippen molar-refractivity contribution in [3.8, 4) is 5.82 Å². The molecule has 0 saturated heterocycles. The van der Waals surface area contributed by atoms with E-state index in [1.165, 1.54) is 12.1 Å². The lowest BCUT2D eigenvalue weighted by molar-refractivity contribution is -0.384. The molecule has 2 N–H and O–H groups in total. The highest BCUT2D eigenvalue weighted by Gasteiger charge is 2.25. The average Bonchev–Trinajstić information content (AvgIpc) is 3.19. The van der Waals surface area contributed by atoms with E-state index in [0.717, 1.165) is 11.6 Å². The third kappa shape index (κ3) is 5.19. The highest BCUT2D eigenvalue weighted by Crippen LogP contribution is 2.28. The maximum atomic E-state index is 12.5. The smallest absolute Gasteiger partial charge is 0.293 e. The second-order valence-electron chi connectivity index (χ2n) is 7.62. The molecule has 1 aromatic carbocycles. The van der Waals surface area contributed by atoms with E-state index < -0.39 is 20.5 Å². The fourth-order valence-corrected chi connectivity index (χ4v) is 4.14. The number of nitrogens with one attached hydrogen (secondary N) is 2. The molecule has 2 aromatic heterocycles. The van der Waals surface area contributed by atoms with Gasteiger partial charge in [-0.2, -0.15) is 5.10 Å². The number of aromatic nitrogens is 3. The summed E-state index contributed by atoms with van der Waals surface area (Å²) in [5.74, 6) is 0.649. The van der Waals surface area contributed by atoms with Gasteiger partial charge in [-0.15, -0.1) is 0 Å². The molecular weight excluding hydrogens is 408 g/mol. The van der Waals surface area contributed by atoms with E-state index in [1.807, 2.05) is 6.07 Å². The number of nitro groups is 1. The third-order valence-electron chi connectivity index (χ3n) is 3.95. The van der Waals surface area contributed by atoms with Crippen LogP contribution in [0, 0.1) is 10.1 Å². The molecule has 0 radical (unpaired) electrons. The third-order valence-corrected chi connectivity index (χ3v) is 5.70. The quantitative estimate of drug-likeness (QED) is 0.435. The van der Waals surface area contributed by atoms with Crippen molar-refractivity contribution < 1.29 is 13.3 Å². The number of benzene rings is 1. The van der Waals surface area contributed by atoms with Crippen LogP contribution in [-0.4, -0.2) is 33.6 Å². The Balaban J connectivity index is 1.78. The molecule has 2 heterocycles. The Morgan fingerprint density at radius 1 is 1.20 bits per heavy atom. The summed E-state index contributed by atoms with van der Waals surface area (Å²) in [6, 6.07) is 9.18. The van der Waals surface area contributed by atoms with Crippen LogP contribution in [0.5, 0.6) is 0 Å². The van der Waals surface area contributed by atoms with Gasteiger partial charge in [0, 0.05) is 36.7 Å². The molecule has 0 fully saturated rings. The molecule has 0 aliphatic heterocycles. The van der Waals surface area contributed by atoms with Gasteiger partial charge < -0.3 is 5.32 Å². The Kier molecular flexibility index (Phi) is 5.85. The summed E-state index contributed by atoms with van der Waals surface area (Å²) in [5, 5.41) is 18.6. The van der Waals surface area contributed by atoms with Gasteiger partial charge in [0.1, 0.15) is 5.69 Å². The fraction of sp³-hybridized carbons (Fsp3) is 0.263. The van der Waals surface area contributed by atoms with Gasteiger partial charge in [0.05, 0.1) is 9.82 Å². The van der Waals surface area contributed by atoms with E-state index in [2.05, 4.69) is 20.1 Å². The van der Waals surface area contributed by atoms with Crippen LogP contribution in [0.2, 0.25) is 0 Å². The van der Waals surface area contributed by atoms with Crippen molar-refractivity contribution in [2.45, 2.75) is 37.8 Å². The number of nitro benzene ring substituents is 1. The van der Waals surface area contributed by atoms with Gasteiger partial charge in [0.2, 0.25) is 10.0 Å². The second-order valence-corrected chi connectivity index (χ2v) is 9.30. The zero-order valence-electron chi connectivity index (χ0n) is 16.7. The number of nitrogens with zero attached hydrogens (tertiary/aromatic N) is 4. The van der Waals surface area contributed by atoms with E-state index >= 15 is 0 Å². The Labute approximate surface area is 174 Å². The maximum absolute atomic E-state index is 12.5. The van der Waals surface area contributed by atoms with Crippen LogP contribution >= 0.6 is 0 Å². The molecule has 0 aliphatic carbocycles. The highest BCUT2D eigenvalue weighted by molar-refractivity contribution is 7.89. The van der Waals surface area contributed by atoms with E-state index in [-0.39, 0.29) is 22.8 Å². The molecule has 3 aromatic rings. The monoisotopic (exact) mass is 430 g/mol. The normalized spacial score (nSPS) is 12.0. The largest absolute Gasteiger partial charge is 0.375 e. The van der Waals surface area contributed by atoms with Crippen molar-refractivity contribution in [1.82, 2.24) is 19.5 Å². The van der Waals surface area contributed by atoms with Crippen molar-refractivity contribution in [3.63, 3.8) is 0 Å². The minimum absolute atomic E-state index is 0.167. The van der Waals surface area contributed by atoms with E-state index in [9.17, 15) is 18.5 Å². The molecule has 0 unspecified atom stereocenters. The number of hydrogen-bond donors (Lipinski definition) is 2. The van der Waals surface area contributed by atoms with Crippen molar-refractivity contribution in [2.75, 3.05) is 5.32 Å². The Morgan fingerprint density at radius 2 is 1.97 bits per heavy atom. The van der Waals surface area contributed by atoms with Crippen LogP contribution in [0.25, 0.3) is 5.82 Å². The fourth-order valence-electron chi connectivity index (χ4n) is 2.70. The first-order valence-corrected chi connectivity index (χ1v) is 10.5. The number of hydrogen-bond acceptors (Lipinski definition) is 7. The molecule has 0 amide bonds. The van der Waals surface area contributed by atoms with Gasteiger partial charge in [-0.05, 0) is 50.6 Å². The summed E-state index contributed by atoms with van der Waals surface area (Å²) >= 11 is 0. The molecule has 158 valence electrons. The highest BCUT2D eigenvalue weighted by atomic mass is 32.2. The molecule has 0 aliphatic rings. The Hall–Kier alpha value is -3.31. The number of anilines is 1. The average molecular weight is 430 g/mol. The first kappa shape index (κ1) is 21.4. The molecule has 10 nitrogen and oxygen atoms in total. The molecule has 3 rings (SSSR count). The number of pyridine rings is 1. The lowest BCUT2D eigenvalue weighted by Crippen LogP contribution is -2.40. The predicted molar refractivity (Wildman–Crippen MR) is 112 cm³/mol. The second kappa shape index (κ2) is 8.20. The van der Waals surface area contributed by atoms with Crippen molar-refractivity contribution in [2.24, 2.45) is 0 Å². The number of rotatable bonds is 7. The van der Waals surface area contributed by atoms with E-state index in [0.29, 0.717) is 5.82 Å². The standard InChI is InChI=1S/C19H22N6O4S/c1-19(2,3)23-30(28,29)15-6-7-16(17(11-15)25(26)27)20-12-14-5-8-18(21-13-14)24-10-4-9-22-24/h4-11,13,20,23H,12H2,1-3H3. The molecule has 11 heteroatoms. The number of sulfonamides is 1. The predicted octanol–water partition coefficient (Wildman–Crippen LogP) is 2.86. The van der Waals surface area contributed by atoms with Crippen LogP contribution in [0.4, 0.5) is 11.4 Å². The maximum Gasteiger partial charge on any atom is 0.293 e. The van der Waals surface area contributed by atoms with E-state index in [4.69, 9.17) is 0 Å². The minimum Gasteiger partial charge on any atom is -0.375 e. The zero-order chi connectivity index (χ0) is 21.9. The minimum atomic E-state index is -3.88. The van der Waals surface area contributed by atoms with Crippen LogP contribution < -0.4 is 10.0 Å². The van der Waals surface area contributed by atoms with Crippen molar-refractivity contribution in [1.29, 1.82) is 0 Å². The van der Waals surface area contributed by atoms with Crippen molar-refractivity contribution in [3.05, 3.63) is 70.7 Å². The summed E-state index contributed by atoms with van der Waals surface area (Å²) in [4.78, 5) is 15.0. The first-order chi connectivity index (χ1) is 14.0. The van der Waals surface area contributed by atoms with E-state index in [1.54, 1.807) is 56.2 Å². The lowest BCUT2D eigenvalue weighted by Gasteiger charge is -2.20. The molecule has 30 heavy (non-hydrogen) atoms. The van der Waals surface area contributed by atoms with Crippen LogP contribution in [0.3, 0.4) is 0 Å². The van der Waals surface area contributed by atoms with Crippen molar-refractivity contribution >= 4 is 21.4 Å². The van der Waals surface area contributed by atoms with Gasteiger partial charge in [0.15, 0.2) is 5.82 Å². The zero-order valence-corrected chi connectivity index (χ0v) is 17.5. The van der Waals surface area contributed by atoms with Gasteiger partial charge in [-0.3, -0.25) is 10.1 Å². The van der Waals surface area contributed by atoms with Gasteiger partial charge in [-0.1, -0.05) is 6.07 Å². The van der Waals surface area contributed by atoms with Crippen LogP contribution in [-0.2, 0) is 16.6 Å². The summed E-state index contributed by atoms with van der Waals surface area (Å²) in [7, 11) is -3.88. The van der Waals surface area contributed by atoms with Crippen LogP contribution in [0.1, 0.15) is 26.3 Å². The molecule has 0 bridgehead atoms. The van der Waals surface area contributed by atoms with Gasteiger partial charge in [0.25, 0.3) is 5.69 Å². The topological polar surface area (TPSA) is 132 Å². The van der Waals surface area contributed by atoms with Gasteiger partial charge in [-0.25, -0.2) is 22.8 Å². The lowest BCUT2D eigenvalue weighted by atomic mass is 10.1. The molecule has 0 saturated carbocycles. The van der Waals surface area contributed by atoms with Gasteiger partial charge >= 0.3 is 0 Å². The molecule has 0 atom stereocenters. The SMILES string of the molecule is CC(C)(C)NS(=O)(=O)c1ccc(NCc2ccc(-n3cccn3)nc2)c([N+](=O)[O-])c1. The first-order valence-electron chi connectivity index (χ1n) is 9.06. The summed E-state index contributed by atoms with van der Waals surface area (Å²) in [6.45, 7) is 5.36. The summed E-state index contributed by atoms with van der Waals surface area (Å²) < 4.78 is 29.1. The van der Waals surface area contributed by atoms with Crippen LogP contribution in [0.15, 0.2) is 59.9 Å². The Bertz CT molecular complexity index is 1140. The Morgan fingerprint density at radius 3 is 2.53 bits per heavy atom. The molecule has 0 spiro atoms.